The highest BCUT2D eigenvalue weighted by Crippen LogP contribution is 2.10. The van der Waals surface area contributed by atoms with Crippen LogP contribution >= 0.6 is 0 Å². The molecule has 0 amide bonds. The second kappa shape index (κ2) is 4.57. The van der Waals surface area contributed by atoms with Gasteiger partial charge in [-0.15, -0.1) is 0 Å². The van der Waals surface area contributed by atoms with Gasteiger partial charge in [-0.2, -0.15) is 0 Å². The Morgan fingerprint density at radius 3 is 2.86 bits per heavy atom. The normalized spacial score (nSPS) is 11.7. The number of methoxy groups -OCH3 is 1. The number of halogens is 1. The van der Waals surface area contributed by atoms with Gasteiger partial charge in [0.25, 0.3) is 0 Å². The molecule has 0 heterocycles. The second-order valence-corrected chi connectivity index (χ2v) is 2.77. The first kappa shape index (κ1) is 10.5. The molecule has 4 nitrogen and oxygen atoms in total. The van der Waals surface area contributed by atoms with Crippen LogP contribution in [-0.2, 0) is 11.3 Å². The van der Waals surface area contributed by atoms with Gasteiger partial charge >= 0.3 is 0 Å². The maximum Gasteiger partial charge on any atom is 0.170 e. The van der Waals surface area contributed by atoms with E-state index in [1.807, 2.05) is 0 Å². The Kier molecular flexibility index (Phi) is 3.41. The van der Waals surface area contributed by atoms with Gasteiger partial charge in [0.2, 0.25) is 0 Å². The van der Waals surface area contributed by atoms with Crippen LogP contribution in [0.4, 0.5) is 4.39 Å². The Morgan fingerprint density at radius 2 is 2.29 bits per heavy atom. The Morgan fingerprint density at radius 1 is 1.57 bits per heavy atom. The lowest BCUT2D eigenvalue weighted by atomic mass is 10.1. The summed E-state index contributed by atoms with van der Waals surface area (Å²) in [5.74, 6) is -0.567. The quantitative estimate of drug-likeness (QED) is 0.330. The van der Waals surface area contributed by atoms with Crippen LogP contribution in [0.15, 0.2) is 23.4 Å². The van der Waals surface area contributed by atoms with E-state index in [0.29, 0.717) is 11.1 Å². The van der Waals surface area contributed by atoms with Crippen LogP contribution in [0.1, 0.15) is 11.1 Å². The van der Waals surface area contributed by atoms with Crippen molar-refractivity contribution in [1.82, 2.24) is 0 Å². The van der Waals surface area contributed by atoms with Crippen LogP contribution in [0.2, 0.25) is 0 Å². The highest BCUT2D eigenvalue weighted by Gasteiger charge is 2.04. The first-order valence-electron chi connectivity index (χ1n) is 3.93. The first-order chi connectivity index (χ1) is 6.67. The molecule has 0 aromatic heterocycles. The molecule has 0 aliphatic carbocycles. The largest absolute Gasteiger partial charge is 0.409 e. The predicted octanol–water partition coefficient (Wildman–Crippen LogP) is 1.07. The van der Waals surface area contributed by atoms with Crippen molar-refractivity contribution in [1.29, 1.82) is 0 Å². The Balaban J connectivity index is 3.07. The summed E-state index contributed by atoms with van der Waals surface area (Å²) >= 11 is 0. The summed E-state index contributed by atoms with van der Waals surface area (Å²) in [7, 11) is 1.51. The highest BCUT2D eigenvalue weighted by atomic mass is 19.1. The third-order valence-electron chi connectivity index (χ3n) is 1.67. The van der Waals surface area contributed by atoms with Crippen LogP contribution in [0.3, 0.4) is 0 Å². The van der Waals surface area contributed by atoms with E-state index in [-0.39, 0.29) is 12.4 Å². The first-order valence-corrected chi connectivity index (χ1v) is 3.93. The molecule has 0 atom stereocenters. The number of benzene rings is 1. The van der Waals surface area contributed by atoms with Crippen molar-refractivity contribution in [2.75, 3.05) is 7.11 Å². The Bertz CT molecular complexity index is 353. The molecular weight excluding hydrogens is 187 g/mol. The van der Waals surface area contributed by atoms with Crippen molar-refractivity contribution in [3.05, 3.63) is 35.1 Å². The number of oxime groups is 1. The molecule has 76 valence electrons. The molecular formula is C9H11FN2O2. The summed E-state index contributed by atoms with van der Waals surface area (Å²) in [6.07, 6.45) is 0. The van der Waals surface area contributed by atoms with Gasteiger partial charge in [-0.05, 0) is 23.8 Å². The molecule has 0 fully saturated rings. The minimum absolute atomic E-state index is 0.123. The topological polar surface area (TPSA) is 67.8 Å². The molecule has 14 heavy (non-hydrogen) atoms. The van der Waals surface area contributed by atoms with Gasteiger partial charge in [-0.25, -0.2) is 4.39 Å². The molecule has 0 saturated carbocycles. The fraction of sp³-hybridized carbons (Fsp3) is 0.222. The maximum atomic E-state index is 13.0. The van der Waals surface area contributed by atoms with Gasteiger partial charge in [0.05, 0.1) is 6.61 Å². The van der Waals surface area contributed by atoms with E-state index < -0.39 is 5.82 Å². The van der Waals surface area contributed by atoms with E-state index in [9.17, 15) is 4.39 Å². The molecule has 0 radical (unpaired) electrons. The van der Waals surface area contributed by atoms with Crippen molar-refractivity contribution < 1.29 is 14.3 Å². The number of hydrogen-bond donors (Lipinski definition) is 2. The molecule has 3 N–H and O–H groups in total. The Labute approximate surface area is 80.8 Å². The third-order valence-corrected chi connectivity index (χ3v) is 1.67. The summed E-state index contributed by atoms with van der Waals surface area (Å²) in [6.45, 7) is 0.281. The van der Waals surface area contributed by atoms with Gasteiger partial charge in [0, 0.05) is 12.7 Å². The molecule has 1 rings (SSSR count). The monoisotopic (exact) mass is 198 g/mol. The van der Waals surface area contributed by atoms with Crippen molar-refractivity contribution in [3.8, 4) is 0 Å². The lowest BCUT2D eigenvalue weighted by Gasteiger charge is -2.03. The molecule has 0 bridgehead atoms. The van der Waals surface area contributed by atoms with Crippen molar-refractivity contribution in [3.63, 3.8) is 0 Å². The summed E-state index contributed by atoms with van der Waals surface area (Å²) < 4.78 is 17.8. The van der Waals surface area contributed by atoms with Gasteiger partial charge in [0.1, 0.15) is 5.82 Å². The molecule has 1 aromatic rings. The fourth-order valence-electron chi connectivity index (χ4n) is 1.11. The SMILES string of the molecule is COCc1cc(F)cc(/C(N)=N/O)c1. The van der Waals surface area contributed by atoms with Crippen LogP contribution in [0.25, 0.3) is 0 Å². The van der Waals surface area contributed by atoms with Crippen LogP contribution in [0.5, 0.6) is 0 Å². The highest BCUT2D eigenvalue weighted by molar-refractivity contribution is 5.97. The lowest BCUT2D eigenvalue weighted by Crippen LogP contribution is -2.13. The molecule has 1 aromatic carbocycles. The van der Waals surface area contributed by atoms with E-state index >= 15 is 0 Å². The van der Waals surface area contributed by atoms with Crippen molar-refractivity contribution >= 4 is 5.84 Å². The number of amidine groups is 1. The van der Waals surface area contributed by atoms with Crippen molar-refractivity contribution in [2.45, 2.75) is 6.61 Å². The fourth-order valence-corrected chi connectivity index (χ4v) is 1.11. The number of hydrogen-bond acceptors (Lipinski definition) is 3. The predicted molar refractivity (Wildman–Crippen MR) is 49.6 cm³/mol. The summed E-state index contributed by atoms with van der Waals surface area (Å²) in [6, 6.07) is 4.12. The average Bonchev–Trinajstić information content (AvgIpc) is 2.16. The Hall–Kier alpha value is -1.62. The van der Waals surface area contributed by atoms with E-state index in [4.69, 9.17) is 15.7 Å². The summed E-state index contributed by atoms with van der Waals surface area (Å²) in [5, 5.41) is 11.2. The minimum atomic E-state index is -0.443. The van der Waals surface area contributed by atoms with Crippen LogP contribution in [0, 0.1) is 5.82 Å². The molecule has 0 aliphatic rings. The number of nitrogens with two attached hydrogens (primary N) is 1. The zero-order valence-electron chi connectivity index (χ0n) is 7.70. The smallest absolute Gasteiger partial charge is 0.170 e. The lowest BCUT2D eigenvalue weighted by molar-refractivity contribution is 0.184. The molecule has 0 saturated heterocycles. The maximum absolute atomic E-state index is 13.0. The molecule has 0 unspecified atom stereocenters. The number of nitrogens with zero attached hydrogens (tertiary/aromatic N) is 1. The van der Waals surface area contributed by atoms with Gasteiger partial charge in [-0.3, -0.25) is 0 Å². The van der Waals surface area contributed by atoms with Gasteiger partial charge in [-0.1, -0.05) is 5.16 Å². The van der Waals surface area contributed by atoms with E-state index in [1.54, 1.807) is 6.07 Å². The molecule has 0 aliphatic heterocycles. The summed E-state index contributed by atoms with van der Waals surface area (Å²) in [5.41, 5.74) is 6.29. The standard InChI is InChI=1S/C9H11FN2O2/c1-14-5-6-2-7(9(11)12-13)4-8(10)3-6/h2-4,13H,5H2,1H3,(H2,11,12). The van der Waals surface area contributed by atoms with Gasteiger partial charge in [0.15, 0.2) is 5.84 Å². The average molecular weight is 198 g/mol. The zero-order valence-corrected chi connectivity index (χ0v) is 7.70. The second-order valence-electron chi connectivity index (χ2n) is 2.77. The zero-order chi connectivity index (χ0) is 10.6. The molecule has 5 heteroatoms. The van der Waals surface area contributed by atoms with Crippen LogP contribution < -0.4 is 5.73 Å². The number of ether oxygens (including phenoxy) is 1. The van der Waals surface area contributed by atoms with Crippen molar-refractivity contribution in [2.24, 2.45) is 10.9 Å². The van der Waals surface area contributed by atoms with Gasteiger partial charge < -0.3 is 15.7 Å². The van der Waals surface area contributed by atoms with E-state index in [0.717, 1.165) is 0 Å². The minimum Gasteiger partial charge on any atom is -0.409 e. The molecule has 0 spiro atoms. The van der Waals surface area contributed by atoms with E-state index in [1.165, 1.54) is 19.2 Å². The van der Waals surface area contributed by atoms with Crippen LogP contribution in [-0.4, -0.2) is 18.2 Å². The third kappa shape index (κ3) is 2.43. The summed E-state index contributed by atoms with van der Waals surface area (Å²) in [4.78, 5) is 0. The number of rotatable bonds is 3. The van der Waals surface area contributed by atoms with E-state index in [2.05, 4.69) is 5.16 Å².